The lowest BCUT2D eigenvalue weighted by atomic mass is 9.83. The first kappa shape index (κ1) is 12.0. The highest BCUT2D eigenvalue weighted by Crippen LogP contribution is 2.33. The van der Waals surface area contributed by atoms with Crippen molar-refractivity contribution in [2.45, 2.75) is 64.6 Å². The molecule has 0 aromatic heterocycles. The zero-order valence-electron chi connectivity index (χ0n) is 10.6. The van der Waals surface area contributed by atoms with Gasteiger partial charge in [0.25, 0.3) is 0 Å². The fraction of sp³-hybridized carbons (Fsp3) is 1.00. The molecule has 0 bridgehead atoms. The Labute approximate surface area is 89.1 Å². The summed E-state index contributed by atoms with van der Waals surface area (Å²) in [5, 5.41) is 3.40. The Kier molecular flexibility index (Phi) is 3.27. The van der Waals surface area contributed by atoms with Crippen LogP contribution in [-0.2, 0) is 0 Å². The number of hydrogen-bond acceptors (Lipinski definition) is 2. The Hall–Kier alpha value is -0.0800. The average Bonchev–Trinajstić information content (AvgIpc) is 1.99. The number of rotatable bonds is 1. The Morgan fingerprint density at radius 1 is 1.29 bits per heavy atom. The number of likely N-dealkylation sites (tertiary alicyclic amines) is 1. The summed E-state index contributed by atoms with van der Waals surface area (Å²) in [6, 6.07) is 0.698. The van der Waals surface area contributed by atoms with Gasteiger partial charge in [0.05, 0.1) is 0 Å². The molecule has 1 N–H and O–H groups in total. The fourth-order valence-corrected chi connectivity index (χ4v) is 2.89. The van der Waals surface area contributed by atoms with Gasteiger partial charge in [-0.2, -0.15) is 0 Å². The lowest BCUT2D eigenvalue weighted by molar-refractivity contribution is -0.0129. The van der Waals surface area contributed by atoms with Crippen LogP contribution in [0, 0.1) is 0 Å². The highest BCUT2D eigenvalue weighted by atomic mass is 15.3. The lowest BCUT2D eigenvalue weighted by Crippen LogP contribution is -2.60. The molecule has 1 heterocycles. The molecule has 14 heavy (non-hydrogen) atoms. The van der Waals surface area contributed by atoms with Gasteiger partial charge in [0.2, 0.25) is 0 Å². The van der Waals surface area contributed by atoms with E-state index in [-0.39, 0.29) is 0 Å². The fourth-order valence-electron chi connectivity index (χ4n) is 2.89. The standard InChI is InChI=1S/C12H26N2/c1-11(2,3)14-8-7-10(13-6)9-12(14,4)5/h10,13H,7-9H2,1-6H3. The molecule has 2 nitrogen and oxygen atoms in total. The maximum atomic E-state index is 3.40. The topological polar surface area (TPSA) is 15.3 Å². The van der Waals surface area contributed by atoms with Gasteiger partial charge in [0.1, 0.15) is 0 Å². The first-order valence-corrected chi connectivity index (χ1v) is 5.72. The van der Waals surface area contributed by atoms with E-state index < -0.39 is 0 Å². The molecule has 0 saturated carbocycles. The minimum atomic E-state index is 0.294. The molecule has 1 aliphatic heterocycles. The summed E-state index contributed by atoms with van der Waals surface area (Å²) >= 11 is 0. The first-order chi connectivity index (χ1) is 6.27. The molecule has 1 rings (SSSR count). The molecule has 0 aromatic carbocycles. The van der Waals surface area contributed by atoms with E-state index in [0.29, 0.717) is 17.1 Å². The molecular weight excluding hydrogens is 172 g/mol. The van der Waals surface area contributed by atoms with E-state index in [1.807, 2.05) is 0 Å². The van der Waals surface area contributed by atoms with Crippen LogP contribution in [0.2, 0.25) is 0 Å². The van der Waals surface area contributed by atoms with Gasteiger partial charge in [-0.1, -0.05) is 0 Å². The minimum absolute atomic E-state index is 0.294. The van der Waals surface area contributed by atoms with Crippen molar-refractivity contribution in [2.75, 3.05) is 13.6 Å². The summed E-state index contributed by atoms with van der Waals surface area (Å²) in [4.78, 5) is 2.63. The summed E-state index contributed by atoms with van der Waals surface area (Å²) in [5.74, 6) is 0. The molecule has 1 saturated heterocycles. The van der Waals surface area contributed by atoms with Gasteiger partial charge in [-0.3, -0.25) is 4.90 Å². The number of nitrogens with one attached hydrogen (secondary N) is 1. The maximum Gasteiger partial charge on any atom is 0.0173 e. The molecule has 0 aliphatic carbocycles. The number of nitrogens with zero attached hydrogens (tertiary/aromatic N) is 1. The van der Waals surface area contributed by atoms with Crippen molar-refractivity contribution in [1.82, 2.24) is 10.2 Å². The molecule has 84 valence electrons. The smallest absolute Gasteiger partial charge is 0.0173 e. The Morgan fingerprint density at radius 3 is 2.21 bits per heavy atom. The second kappa shape index (κ2) is 3.82. The molecule has 2 heteroatoms. The van der Waals surface area contributed by atoms with E-state index in [1.165, 1.54) is 19.4 Å². The molecule has 1 aliphatic rings. The van der Waals surface area contributed by atoms with E-state index >= 15 is 0 Å². The molecule has 0 aromatic rings. The van der Waals surface area contributed by atoms with Crippen molar-refractivity contribution in [3.63, 3.8) is 0 Å². The van der Waals surface area contributed by atoms with Crippen molar-refractivity contribution < 1.29 is 0 Å². The summed E-state index contributed by atoms with van der Waals surface area (Å²) in [7, 11) is 2.08. The van der Waals surface area contributed by atoms with Crippen LogP contribution in [0.4, 0.5) is 0 Å². The SMILES string of the molecule is CNC1CCN(C(C)(C)C)C(C)(C)C1. The molecule has 1 fully saturated rings. The van der Waals surface area contributed by atoms with E-state index in [9.17, 15) is 0 Å². The summed E-state index contributed by atoms with van der Waals surface area (Å²) < 4.78 is 0. The van der Waals surface area contributed by atoms with Crippen LogP contribution in [0.1, 0.15) is 47.5 Å². The van der Waals surface area contributed by atoms with Gasteiger partial charge in [-0.05, 0) is 54.5 Å². The van der Waals surface area contributed by atoms with Gasteiger partial charge in [-0.25, -0.2) is 0 Å². The summed E-state index contributed by atoms with van der Waals surface area (Å²) in [6.07, 6.45) is 2.53. The summed E-state index contributed by atoms with van der Waals surface area (Å²) in [6.45, 7) is 12.9. The van der Waals surface area contributed by atoms with Crippen molar-refractivity contribution >= 4 is 0 Å². The largest absolute Gasteiger partial charge is 0.317 e. The van der Waals surface area contributed by atoms with Crippen LogP contribution >= 0.6 is 0 Å². The molecular formula is C12H26N2. The summed E-state index contributed by atoms with van der Waals surface area (Å²) in [5.41, 5.74) is 0.617. The quantitative estimate of drug-likeness (QED) is 0.695. The first-order valence-electron chi connectivity index (χ1n) is 5.72. The zero-order chi connectivity index (χ0) is 11.0. The Bertz CT molecular complexity index is 191. The highest BCUT2D eigenvalue weighted by Gasteiger charge is 2.39. The van der Waals surface area contributed by atoms with Crippen LogP contribution in [0.15, 0.2) is 0 Å². The molecule has 1 atom stereocenters. The second-order valence-electron chi connectivity index (χ2n) is 6.11. The molecule has 1 unspecified atom stereocenters. The maximum absolute atomic E-state index is 3.40. The minimum Gasteiger partial charge on any atom is -0.317 e. The van der Waals surface area contributed by atoms with Gasteiger partial charge in [0.15, 0.2) is 0 Å². The van der Waals surface area contributed by atoms with Crippen molar-refractivity contribution in [1.29, 1.82) is 0 Å². The van der Waals surface area contributed by atoms with E-state index in [4.69, 9.17) is 0 Å². The normalized spacial score (nSPS) is 29.1. The van der Waals surface area contributed by atoms with Crippen molar-refractivity contribution in [2.24, 2.45) is 0 Å². The van der Waals surface area contributed by atoms with E-state index in [2.05, 4.69) is 51.9 Å². The van der Waals surface area contributed by atoms with Crippen LogP contribution in [0.3, 0.4) is 0 Å². The highest BCUT2D eigenvalue weighted by molar-refractivity contribution is 4.96. The van der Waals surface area contributed by atoms with Crippen molar-refractivity contribution in [3.05, 3.63) is 0 Å². The van der Waals surface area contributed by atoms with Crippen LogP contribution in [0.5, 0.6) is 0 Å². The monoisotopic (exact) mass is 198 g/mol. The van der Waals surface area contributed by atoms with Gasteiger partial charge in [-0.15, -0.1) is 0 Å². The lowest BCUT2D eigenvalue weighted by Gasteiger charge is -2.52. The van der Waals surface area contributed by atoms with E-state index in [0.717, 1.165) is 0 Å². The van der Waals surface area contributed by atoms with Crippen LogP contribution < -0.4 is 5.32 Å². The third kappa shape index (κ3) is 2.48. The molecule has 0 spiro atoms. The second-order valence-corrected chi connectivity index (χ2v) is 6.11. The van der Waals surface area contributed by atoms with Gasteiger partial charge >= 0.3 is 0 Å². The third-order valence-electron chi connectivity index (χ3n) is 3.40. The van der Waals surface area contributed by atoms with Gasteiger partial charge in [0, 0.05) is 23.7 Å². The zero-order valence-corrected chi connectivity index (χ0v) is 10.6. The van der Waals surface area contributed by atoms with Crippen LogP contribution in [-0.4, -0.2) is 35.6 Å². The van der Waals surface area contributed by atoms with Crippen molar-refractivity contribution in [3.8, 4) is 0 Å². The average molecular weight is 198 g/mol. The van der Waals surface area contributed by atoms with Crippen LogP contribution in [0.25, 0.3) is 0 Å². The molecule has 0 amide bonds. The third-order valence-corrected chi connectivity index (χ3v) is 3.40. The molecule has 0 radical (unpaired) electrons. The van der Waals surface area contributed by atoms with E-state index in [1.54, 1.807) is 0 Å². The Morgan fingerprint density at radius 2 is 1.86 bits per heavy atom. The van der Waals surface area contributed by atoms with Gasteiger partial charge < -0.3 is 5.32 Å². The number of piperidine rings is 1. The number of hydrogen-bond donors (Lipinski definition) is 1. The Balaban J connectivity index is 2.73. The predicted octanol–water partition coefficient (Wildman–Crippen LogP) is 2.25. The predicted molar refractivity (Wildman–Crippen MR) is 62.6 cm³/mol.